The highest BCUT2D eigenvalue weighted by Crippen LogP contribution is 2.20. The number of hydrogen-bond acceptors (Lipinski definition) is 3. The molecule has 2 atom stereocenters. The van der Waals surface area contributed by atoms with Crippen LogP contribution in [0, 0.1) is 5.92 Å². The molecule has 108 valence electrons. The Labute approximate surface area is 117 Å². The van der Waals surface area contributed by atoms with E-state index in [0.717, 1.165) is 18.4 Å². The summed E-state index contributed by atoms with van der Waals surface area (Å²) in [5, 5.41) is 10.2. The maximum atomic E-state index is 10.2. The van der Waals surface area contributed by atoms with Gasteiger partial charge in [0.2, 0.25) is 5.88 Å². The standard InChI is InChI=1S/C16H27NO2/c1-4-6-7-13(5-2)10-15(18)11-14-8-9-16(19-3)17-12-14/h8-9,12-13,15,18H,4-7,10-11H2,1-3H3. The molecule has 3 nitrogen and oxygen atoms in total. The zero-order valence-electron chi connectivity index (χ0n) is 12.4. The van der Waals surface area contributed by atoms with Gasteiger partial charge in [0, 0.05) is 12.3 Å². The van der Waals surface area contributed by atoms with Crippen molar-refractivity contribution in [2.24, 2.45) is 5.92 Å². The van der Waals surface area contributed by atoms with Crippen LogP contribution < -0.4 is 4.74 Å². The average molecular weight is 265 g/mol. The molecular formula is C16H27NO2. The van der Waals surface area contributed by atoms with Crippen molar-refractivity contribution in [1.29, 1.82) is 0 Å². The van der Waals surface area contributed by atoms with Crippen molar-refractivity contribution in [3.63, 3.8) is 0 Å². The van der Waals surface area contributed by atoms with E-state index in [4.69, 9.17) is 4.74 Å². The van der Waals surface area contributed by atoms with E-state index in [9.17, 15) is 5.11 Å². The fourth-order valence-electron chi connectivity index (χ4n) is 2.37. The summed E-state index contributed by atoms with van der Waals surface area (Å²) in [6.07, 6.45) is 7.96. The summed E-state index contributed by atoms with van der Waals surface area (Å²) < 4.78 is 5.03. The Kier molecular flexibility index (Phi) is 7.49. The second-order valence-electron chi connectivity index (χ2n) is 5.22. The molecule has 0 saturated heterocycles. The predicted molar refractivity (Wildman–Crippen MR) is 78.4 cm³/mol. The van der Waals surface area contributed by atoms with Gasteiger partial charge in [-0.15, -0.1) is 0 Å². The molecule has 0 radical (unpaired) electrons. The van der Waals surface area contributed by atoms with Crippen LogP contribution in [0.3, 0.4) is 0 Å². The molecule has 3 heteroatoms. The molecule has 0 bridgehead atoms. The normalized spacial score (nSPS) is 14.1. The molecule has 0 aliphatic heterocycles. The van der Waals surface area contributed by atoms with E-state index in [1.165, 1.54) is 19.3 Å². The van der Waals surface area contributed by atoms with Crippen molar-refractivity contribution in [1.82, 2.24) is 4.98 Å². The van der Waals surface area contributed by atoms with E-state index < -0.39 is 0 Å². The first-order valence-electron chi connectivity index (χ1n) is 7.36. The quantitative estimate of drug-likeness (QED) is 0.742. The van der Waals surface area contributed by atoms with Gasteiger partial charge in [0.05, 0.1) is 13.2 Å². The Hall–Kier alpha value is -1.09. The summed E-state index contributed by atoms with van der Waals surface area (Å²) in [5.41, 5.74) is 1.07. The first kappa shape index (κ1) is 16.0. The molecule has 19 heavy (non-hydrogen) atoms. The predicted octanol–water partition coefficient (Wildman–Crippen LogP) is 3.60. The molecule has 0 saturated carbocycles. The van der Waals surface area contributed by atoms with Gasteiger partial charge in [-0.1, -0.05) is 45.6 Å². The molecule has 2 unspecified atom stereocenters. The van der Waals surface area contributed by atoms with Crippen molar-refractivity contribution in [2.45, 2.75) is 58.5 Å². The Morgan fingerprint density at radius 1 is 1.32 bits per heavy atom. The zero-order chi connectivity index (χ0) is 14.1. The number of aliphatic hydroxyl groups excluding tert-OH is 1. The molecule has 0 amide bonds. The number of aromatic nitrogens is 1. The van der Waals surface area contributed by atoms with Crippen LogP contribution in [-0.4, -0.2) is 23.3 Å². The van der Waals surface area contributed by atoms with Crippen molar-refractivity contribution in [3.05, 3.63) is 23.9 Å². The second kappa shape index (κ2) is 8.92. The monoisotopic (exact) mass is 265 g/mol. The zero-order valence-corrected chi connectivity index (χ0v) is 12.4. The Balaban J connectivity index is 2.41. The number of hydrogen-bond donors (Lipinski definition) is 1. The minimum absolute atomic E-state index is 0.267. The molecule has 1 aromatic heterocycles. The Bertz CT molecular complexity index is 337. The van der Waals surface area contributed by atoms with Gasteiger partial charge in [0.1, 0.15) is 0 Å². The van der Waals surface area contributed by atoms with Gasteiger partial charge in [0.25, 0.3) is 0 Å². The number of rotatable bonds is 9. The number of methoxy groups -OCH3 is 1. The van der Waals surface area contributed by atoms with Crippen molar-refractivity contribution < 1.29 is 9.84 Å². The first-order valence-corrected chi connectivity index (χ1v) is 7.36. The fourth-order valence-corrected chi connectivity index (χ4v) is 2.37. The number of pyridine rings is 1. The van der Waals surface area contributed by atoms with E-state index in [1.807, 2.05) is 12.1 Å². The molecule has 0 fully saturated rings. The SMILES string of the molecule is CCCCC(CC)CC(O)Cc1ccc(OC)nc1. The van der Waals surface area contributed by atoms with Crippen molar-refractivity contribution in [3.8, 4) is 5.88 Å². The second-order valence-corrected chi connectivity index (χ2v) is 5.22. The molecule has 0 aliphatic rings. The minimum Gasteiger partial charge on any atom is -0.481 e. The Morgan fingerprint density at radius 3 is 2.63 bits per heavy atom. The summed E-state index contributed by atoms with van der Waals surface area (Å²) in [7, 11) is 1.61. The summed E-state index contributed by atoms with van der Waals surface area (Å²) in [6.45, 7) is 4.42. The molecule has 0 aliphatic carbocycles. The third-order valence-electron chi connectivity index (χ3n) is 3.63. The summed E-state index contributed by atoms with van der Waals surface area (Å²) in [5.74, 6) is 1.26. The lowest BCUT2D eigenvalue weighted by Gasteiger charge is -2.18. The van der Waals surface area contributed by atoms with E-state index >= 15 is 0 Å². The molecule has 0 aromatic carbocycles. The van der Waals surface area contributed by atoms with Crippen LogP contribution in [-0.2, 0) is 6.42 Å². The van der Waals surface area contributed by atoms with Crippen LogP contribution in [0.25, 0.3) is 0 Å². The summed E-state index contributed by atoms with van der Waals surface area (Å²) in [6, 6.07) is 3.82. The van der Waals surface area contributed by atoms with Crippen molar-refractivity contribution >= 4 is 0 Å². The lowest BCUT2D eigenvalue weighted by atomic mass is 9.91. The molecule has 1 rings (SSSR count). The van der Waals surface area contributed by atoms with Gasteiger partial charge >= 0.3 is 0 Å². The van der Waals surface area contributed by atoms with Gasteiger partial charge < -0.3 is 9.84 Å². The highest BCUT2D eigenvalue weighted by atomic mass is 16.5. The van der Waals surface area contributed by atoms with E-state index in [0.29, 0.717) is 18.2 Å². The van der Waals surface area contributed by atoms with Crippen LogP contribution in [0.15, 0.2) is 18.3 Å². The third-order valence-corrected chi connectivity index (χ3v) is 3.63. The fraction of sp³-hybridized carbons (Fsp3) is 0.688. The smallest absolute Gasteiger partial charge is 0.212 e. The van der Waals surface area contributed by atoms with Gasteiger partial charge in [0.15, 0.2) is 0 Å². The van der Waals surface area contributed by atoms with Crippen LogP contribution in [0.5, 0.6) is 5.88 Å². The van der Waals surface area contributed by atoms with E-state index in [1.54, 1.807) is 13.3 Å². The summed E-state index contributed by atoms with van der Waals surface area (Å²) >= 11 is 0. The number of nitrogens with zero attached hydrogens (tertiary/aromatic N) is 1. The summed E-state index contributed by atoms with van der Waals surface area (Å²) in [4.78, 5) is 4.17. The highest BCUT2D eigenvalue weighted by Gasteiger charge is 2.13. The van der Waals surface area contributed by atoms with Gasteiger partial charge in [-0.25, -0.2) is 4.98 Å². The highest BCUT2D eigenvalue weighted by molar-refractivity contribution is 5.18. The topological polar surface area (TPSA) is 42.4 Å². The average Bonchev–Trinajstić information content (AvgIpc) is 2.44. The number of unbranched alkanes of at least 4 members (excludes halogenated alkanes) is 1. The molecule has 1 N–H and O–H groups in total. The third kappa shape index (κ3) is 6.06. The Morgan fingerprint density at radius 2 is 2.11 bits per heavy atom. The van der Waals surface area contributed by atoms with E-state index in [2.05, 4.69) is 18.8 Å². The van der Waals surface area contributed by atoms with Gasteiger partial charge in [-0.05, 0) is 24.3 Å². The van der Waals surface area contributed by atoms with Crippen LogP contribution in [0.1, 0.15) is 51.5 Å². The van der Waals surface area contributed by atoms with Crippen LogP contribution in [0.2, 0.25) is 0 Å². The molecule has 1 heterocycles. The maximum absolute atomic E-state index is 10.2. The molecular weight excluding hydrogens is 238 g/mol. The minimum atomic E-state index is -0.267. The van der Waals surface area contributed by atoms with Gasteiger partial charge in [-0.2, -0.15) is 0 Å². The lowest BCUT2D eigenvalue weighted by molar-refractivity contribution is 0.137. The first-order chi connectivity index (χ1) is 9.19. The largest absolute Gasteiger partial charge is 0.481 e. The molecule has 1 aromatic rings. The maximum Gasteiger partial charge on any atom is 0.212 e. The number of ether oxygens (including phenoxy) is 1. The van der Waals surface area contributed by atoms with Crippen LogP contribution in [0.4, 0.5) is 0 Å². The van der Waals surface area contributed by atoms with Gasteiger partial charge in [-0.3, -0.25) is 0 Å². The number of aliphatic hydroxyl groups is 1. The lowest BCUT2D eigenvalue weighted by Crippen LogP contribution is -2.16. The molecule has 0 spiro atoms. The van der Waals surface area contributed by atoms with E-state index in [-0.39, 0.29) is 6.10 Å². The van der Waals surface area contributed by atoms with Crippen LogP contribution >= 0.6 is 0 Å². The van der Waals surface area contributed by atoms with Crippen molar-refractivity contribution in [2.75, 3.05) is 7.11 Å².